The monoisotopic (exact) mass is 253 g/mol. The van der Waals surface area contributed by atoms with E-state index in [9.17, 15) is 14.0 Å². The second-order valence-electron chi connectivity index (χ2n) is 4.17. The van der Waals surface area contributed by atoms with Crippen LogP contribution in [0, 0.1) is 11.2 Å². The number of rotatable bonds is 4. The van der Waals surface area contributed by atoms with Gasteiger partial charge in [0.1, 0.15) is 11.2 Å². The first-order valence-electron chi connectivity index (χ1n) is 6.12. The Bertz CT molecular complexity index is 441. The Labute approximate surface area is 108 Å². The molecular weight excluding hydrogens is 233 g/mol. The molecule has 18 heavy (non-hydrogen) atoms. The van der Waals surface area contributed by atoms with Gasteiger partial charge in [-0.2, -0.15) is 0 Å². The van der Waals surface area contributed by atoms with E-state index in [4.69, 9.17) is 5.73 Å². The Hall–Kier alpha value is -1.71. The minimum Gasteiger partial charge on any atom is -0.369 e. The predicted octanol–water partition coefficient (Wildman–Crippen LogP) is 2.48. The molecule has 1 saturated carbocycles. The van der Waals surface area contributed by atoms with Crippen LogP contribution in [-0.2, 0) is 16.0 Å². The normalized spacial score (nSPS) is 15.3. The van der Waals surface area contributed by atoms with Crippen LogP contribution >= 0.6 is 0 Å². The highest BCUT2D eigenvalue weighted by atomic mass is 19.1. The van der Waals surface area contributed by atoms with Crippen molar-refractivity contribution in [2.45, 2.75) is 33.1 Å². The second-order valence-corrected chi connectivity index (χ2v) is 4.17. The molecule has 0 aromatic heterocycles. The summed E-state index contributed by atoms with van der Waals surface area (Å²) in [6.45, 7) is 4.00. The summed E-state index contributed by atoms with van der Waals surface area (Å²) in [4.78, 5) is 22.9. The lowest BCUT2D eigenvalue weighted by Crippen LogP contribution is -2.33. The van der Waals surface area contributed by atoms with Crippen LogP contribution in [0.15, 0.2) is 24.3 Å². The highest BCUT2D eigenvalue weighted by molar-refractivity contribution is 6.08. The number of amides is 1. The summed E-state index contributed by atoms with van der Waals surface area (Å²) in [5.74, 6) is -1.04. The zero-order valence-electron chi connectivity index (χ0n) is 10.7. The maximum Gasteiger partial charge on any atom is 0.231 e. The molecule has 0 bridgehead atoms. The fraction of sp³-hybridized carbons (Fsp3) is 0.429. The molecule has 0 saturated heterocycles. The van der Waals surface area contributed by atoms with Crippen molar-refractivity contribution in [3.63, 3.8) is 0 Å². The van der Waals surface area contributed by atoms with Gasteiger partial charge in [-0.25, -0.2) is 4.39 Å². The molecule has 0 unspecified atom stereocenters. The summed E-state index contributed by atoms with van der Waals surface area (Å²) in [6, 6.07) is 5.69. The van der Waals surface area contributed by atoms with E-state index in [1.54, 1.807) is 12.1 Å². The zero-order valence-corrected chi connectivity index (χ0v) is 10.7. The van der Waals surface area contributed by atoms with Crippen LogP contribution in [0.25, 0.3) is 0 Å². The number of ketones is 1. The molecule has 1 amide bonds. The third-order valence-electron chi connectivity index (χ3n) is 3.03. The third kappa shape index (κ3) is 2.94. The molecule has 0 heterocycles. The zero-order chi connectivity index (χ0) is 13.8. The lowest BCUT2D eigenvalue weighted by molar-refractivity contribution is -0.133. The molecule has 4 heteroatoms. The number of nitrogens with two attached hydrogens (primary N) is 1. The maximum atomic E-state index is 12.6. The summed E-state index contributed by atoms with van der Waals surface area (Å²) in [5.41, 5.74) is 4.96. The van der Waals surface area contributed by atoms with Gasteiger partial charge < -0.3 is 5.73 Å². The minimum atomic E-state index is -0.936. The average Bonchev–Trinajstić information content (AvgIpc) is 3.16. The number of hydrogen-bond donors (Lipinski definition) is 1. The SMILES string of the molecule is CC.NC(=O)C1(C(=O)Cc2ccc(F)cc2)CC1.[HH]. The smallest absolute Gasteiger partial charge is 0.231 e. The summed E-state index contributed by atoms with van der Waals surface area (Å²) >= 11 is 0. The van der Waals surface area contributed by atoms with Crippen molar-refractivity contribution >= 4 is 11.7 Å². The number of halogens is 1. The minimum absolute atomic E-state index is 0. The van der Waals surface area contributed by atoms with Crippen molar-refractivity contribution in [3.05, 3.63) is 35.6 Å². The van der Waals surface area contributed by atoms with Crippen molar-refractivity contribution in [2.24, 2.45) is 11.1 Å². The lowest BCUT2D eigenvalue weighted by Gasteiger charge is -2.09. The maximum absolute atomic E-state index is 12.6. The van der Waals surface area contributed by atoms with Crippen LogP contribution in [0.4, 0.5) is 4.39 Å². The van der Waals surface area contributed by atoms with E-state index in [0.29, 0.717) is 18.4 Å². The van der Waals surface area contributed by atoms with E-state index in [0.717, 1.165) is 0 Å². The molecule has 1 aromatic rings. The Morgan fingerprint density at radius 1 is 1.28 bits per heavy atom. The van der Waals surface area contributed by atoms with Gasteiger partial charge in [-0.05, 0) is 30.5 Å². The van der Waals surface area contributed by atoms with Gasteiger partial charge in [-0.15, -0.1) is 0 Å². The summed E-state index contributed by atoms with van der Waals surface area (Å²) in [6.07, 6.45) is 1.23. The van der Waals surface area contributed by atoms with Gasteiger partial charge in [0.15, 0.2) is 5.78 Å². The molecule has 1 aliphatic carbocycles. The highest BCUT2D eigenvalue weighted by Gasteiger charge is 2.54. The van der Waals surface area contributed by atoms with Crippen LogP contribution in [0.1, 0.15) is 33.7 Å². The number of carbonyl (C=O) groups excluding carboxylic acids is 2. The summed E-state index contributed by atoms with van der Waals surface area (Å²) in [7, 11) is 0. The number of hydrogen-bond acceptors (Lipinski definition) is 2. The number of primary amides is 1. The molecule has 1 aliphatic rings. The number of Topliss-reactive ketones (excluding diaryl/α,β-unsaturated/α-hetero) is 1. The molecule has 1 fully saturated rings. The van der Waals surface area contributed by atoms with Crippen molar-refractivity contribution in [1.82, 2.24) is 0 Å². The van der Waals surface area contributed by atoms with E-state index in [1.807, 2.05) is 13.8 Å². The molecule has 2 N–H and O–H groups in total. The van der Waals surface area contributed by atoms with Crippen LogP contribution in [0.2, 0.25) is 0 Å². The van der Waals surface area contributed by atoms with Gasteiger partial charge in [0, 0.05) is 7.85 Å². The van der Waals surface area contributed by atoms with Crippen molar-refractivity contribution in [2.75, 3.05) is 0 Å². The lowest BCUT2D eigenvalue weighted by atomic mass is 9.94. The van der Waals surface area contributed by atoms with E-state index in [-0.39, 0.29) is 19.4 Å². The van der Waals surface area contributed by atoms with Gasteiger partial charge in [0.2, 0.25) is 5.91 Å². The van der Waals surface area contributed by atoms with Crippen LogP contribution in [0.5, 0.6) is 0 Å². The standard InChI is InChI=1S/C12H12FNO2.C2H6.H2/c13-9-3-1-8(2-4-9)7-10(15)12(5-6-12)11(14)16;1-2;/h1-4H,5-7H2,(H2,14,16);1-2H3;1H. The van der Waals surface area contributed by atoms with Gasteiger partial charge in [-0.1, -0.05) is 26.0 Å². The molecule has 0 spiro atoms. The molecular formula is C14H20FNO2. The second kappa shape index (κ2) is 5.76. The number of carbonyl (C=O) groups is 2. The van der Waals surface area contributed by atoms with Crippen LogP contribution < -0.4 is 5.73 Å². The first-order chi connectivity index (χ1) is 8.54. The molecule has 2 rings (SSSR count). The van der Waals surface area contributed by atoms with Crippen molar-refractivity contribution < 1.29 is 15.4 Å². The molecule has 3 nitrogen and oxygen atoms in total. The first kappa shape index (κ1) is 14.4. The van der Waals surface area contributed by atoms with Gasteiger partial charge in [0.25, 0.3) is 0 Å². The van der Waals surface area contributed by atoms with Crippen LogP contribution in [-0.4, -0.2) is 11.7 Å². The quantitative estimate of drug-likeness (QED) is 0.838. The molecule has 0 radical (unpaired) electrons. The van der Waals surface area contributed by atoms with E-state index in [2.05, 4.69) is 0 Å². The Morgan fingerprint density at radius 2 is 1.78 bits per heavy atom. The van der Waals surface area contributed by atoms with Crippen molar-refractivity contribution in [3.8, 4) is 0 Å². The predicted molar refractivity (Wildman–Crippen MR) is 69.4 cm³/mol. The van der Waals surface area contributed by atoms with Crippen LogP contribution in [0.3, 0.4) is 0 Å². The van der Waals surface area contributed by atoms with Gasteiger partial charge >= 0.3 is 0 Å². The summed E-state index contributed by atoms with van der Waals surface area (Å²) < 4.78 is 12.6. The Balaban J connectivity index is 0.00000103. The highest BCUT2D eigenvalue weighted by Crippen LogP contribution is 2.46. The van der Waals surface area contributed by atoms with E-state index >= 15 is 0 Å². The number of benzene rings is 1. The third-order valence-corrected chi connectivity index (χ3v) is 3.03. The first-order valence-corrected chi connectivity index (χ1v) is 6.12. The Morgan fingerprint density at radius 3 is 2.17 bits per heavy atom. The largest absolute Gasteiger partial charge is 0.369 e. The van der Waals surface area contributed by atoms with Crippen molar-refractivity contribution in [1.29, 1.82) is 0 Å². The molecule has 1 aromatic carbocycles. The van der Waals surface area contributed by atoms with Gasteiger partial charge in [0.05, 0.1) is 0 Å². The fourth-order valence-electron chi connectivity index (χ4n) is 1.74. The Kier molecular flexibility index (Phi) is 4.59. The molecule has 100 valence electrons. The topological polar surface area (TPSA) is 60.2 Å². The fourth-order valence-corrected chi connectivity index (χ4v) is 1.74. The van der Waals surface area contributed by atoms with Gasteiger partial charge in [-0.3, -0.25) is 9.59 Å². The summed E-state index contributed by atoms with van der Waals surface area (Å²) in [5, 5.41) is 0. The molecule has 0 atom stereocenters. The van der Waals surface area contributed by atoms with E-state index in [1.165, 1.54) is 12.1 Å². The molecule has 0 aliphatic heterocycles. The average molecular weight is 253 g/mol. The van der Waals surface area contributed by atoms with E-state index < -0.39 is 11.3 Å².